The molecule has 0 saturated heterocycles. The van der Waals surface area contributed by atoms with Gasteiger partial charge in [0.15, 0.2) is 0 Å². The summed E-state index contributed by atoms with van der Waals surface area (Å²) in [6.45, 7) is 12.9. The molecule has 0 amide bonds. The van der Waals surface area contributed by atoms with Crippen LogP contribution in [0.3, 0.4) is 0 Å². The maximum absolute atomic E-state index is 6.39. The molecule has 0 aliphatic heterocycles. The molecular formula is C25H26N4O. The van der Waals surface area contributed by atoms with E-state index in [-0.39, 0.29) is 6.04 Å². The molecule has 0 fully saturated rings. The molecule has 0 spiro atoms. The minimum atomic E-state index is 0.246. The van der Waals surface area contributed by atoms with Gasteiger partial charge in [-0.1, -0.05) is 19.9 Å². The fourth-order valence-electron chi connectivity index (χ4n) is 4.44. The lowest BCUT2D eigenvalue weighted by atomic mass is 9.95. The Kier molecular flexibility index (Phi) is 4.17. The topological polar surface area (TPSA) is 56.7 Å². The van der Waals surface area contributed by atoms with Gasteiger partial charge in [-0.05, 0) is 62.9 Å². The lowest BCUT2D eigenvalue weighted by Crippen LogP contribution is -2.04. The van der Waals surface area contributed by atoms with Crippen LogP contribution in [-0.2, 0) is 0 Å². The molecule has 0 N–H and O–H groups in total. The van der Waals surface area contributed by atoms with Gasteiger partial charge in [0, 0.05) is 28.7 Å². The zero-order valence-corrected chi connectivity index (χ0v) is 18.3. The summed E-state index contributed by atoms with van der Waals surface area (Å²) in [6, 6.07) is 8.78. The van der Waals surface area contributed by atoms with E-state index in [4.69, 9.17) is 9.40 Å². The fraction of sp³-hybridized carbons (Fsp3) is 0.320. The molecule has 0 aliphatic carbocycles. The first-order chi connectivity index (χ1) is 14.4. The van der Waals surface area contributed by atoms with Gasteiger partial charge in [0.05, 0.1) is 17.3 Å². The average Bonchev–Trinajstić information content (AvgIpc) is 3.26. The van der Waals surface area contributed by atoms with E-state index in [1.165, 1.54) is 5.56 Å². The Bertz CT molecular complexity index is 1420. The van der Waals surface area contributed by atoms with E-state index in [0.29, 0.717) is 11.6 Å². The van der Waals surface area contributed by atoms with Crippen LogP contribution in [0.1, 0.15) is 56.5 Å². The van der Waals surface area contributed by atoms with E-state index < -0.39 is 0 Å². The Hall–Kier alpha value is -3.21. The number of benzene rings is 1. The minimum absolute atomic E-state index is 0.246. The predicted octanol–water partition coefficient (Wildman–Crippen LogP) is 6.71. The highest BCUT2D eigenvalue weighted by Crippen LogP contribution is 2.41. The van der Waals surface area contributed by atoms with Gasteiger partial charge < -0.3 is 8.98 Å². The van der Waals surface area contributed by atoms with Crippen molar-refractivity contribution < 1.29 is 4.42 Å². The van der Waals surface area contributed by atoms with Crippen molar-refractivity contribution in [2.24, 2.45) is 0 Å². The van der Waals surface area contributed by atoms with E-state index in [0.717, 1.165) is 50.0 Å². The second-order valence-electron chi connectivity index (χ2n) is 8.69. The number of aryl methyl sites for hydroxylation is 2. The summed E-state index contributed by atoms with van der Waals surface area (Å²) in [5, 5.41) is 2.20. The highest BCUT2D eigenvalue weighted by Gasteiger charge is 2.23. The van der Waals surface area contributed by atoms with Crippen molar-refractivity contribution in [2.45, 2.75) is 53.5 Å². The van der Waals surface area contributed by atoms with Crippen LogP contribution in [0.4, 0.5) is 0 Å². The van der Waals surface area contributed by atoms with Crippen LogP contribution in [0.2, 0.25) is 0 Å². The number of aromatic nitrogens is 4. The molecule has 0 bridgehead atoms. The molecule has 5 nitrogen and oxygen atoms in total. The molecule has 1 aromatic carbocycles. The van der Waals surface area contributed by atoms with E-state index >= 15 is 0 Å². The Labute approximate surface area is 175 Å². The molecule has 4 aromatic heterocycles. The fourth-order valence-corrected chi connectivity index (χ4v) is 4.44. The SMILES string of the molecule is Cc1ccc2c(n1)oc1c(-c3nc4cncc(C)c4n3C(C)C)ccc(C(C)C)c12. The van der Waals surface area contributed by atoms with Gasteiger partial charge in [-0.15, -0.1) is 0 Å². The van der Waals surface area contributed by atoms with Crippen molar-refractivity contribution in [3.05, 3.63) is 53.5 Å². The molecule has 0 saturated carbocycles. The normalized spacial score (nSPS) is 12.3. The van der Waals surface area contributed by atoms with Crippen molar-refractivity contribution in [3.8, 4) is 11.4 Å². The molecular weight excluding hydrogens is 372 g/mol. The van der Waals surface area contributed by atoms with Crippen molar-refractivity contribution >= 4 is 33.1 Å². The molecule has 152 valence electrons. The van der Waals surface area contributed by atoms with Gasteiger partial charge in [0.1, 0.15) is 16.9 Å². The zero-order chi connectivity index (χ0) is 21.2. The predicted molar refractivity (Wildman–Crippen MR) is 122 cm³/mol. The van der Waals surface area contributed by atoms with Crippen molar-refractivity contribution in [1.82, 2.24) is 19.5 Å². The highest BCUT2D eigenvalue weighted by molar-refractivity contribution is 6.10. The molecule has 0 atom stereocenters. The maximum Gasteiger partial charge on any atom is 0.227 e. The van der Waals surface area contributed by atoms with Gasteiger partial charge in [0.2, 0.25) is 5.71 Å². The minimum Gasteiger partial charge on any atom is -0.437 e. The molecule has 0 radical (unpaired) electrons. The van der Waals surface area contributed by atoms with Crippen molar-refractivity contribution in [3.63, 3.8) is 0 Å². The van der Waals surface area contributed by atoms with Gasteiger partial charge in [0.25, 0.3) is 0 Å². The number of furan rings is 1. The van der Waals surface area contributed by atoms with E-state index in [9.17, 15) is 0 Å². The van der Waals surface area contributed by atoms with E-state index in [2.05, 4.69) is 67.4 Å². The van der Waals surface area contributed by atoms with Gasteiger partial charge >= 0.3 is 0 Å². The Morgan fingerprint density at radius 2 is 1.73 bits per heavy atom. The second kappa shape index (κ2) is 6.66. The lowest BCUT2D eigenvalue weighted by molar-refractivity contribution is 0.620. The number of rotatable bonds is 3. The average molecular weight is 399 g/mol. The first-order valence-electron chi connectivity index (χ1n) is 10.5. The van der Waals surface area contributed by atoms with Crippen LogP contribution in [0.15, 0.2) is 41.1 Å². The largest absolute Gasteiger partial charge is 0.437 e. The molecule has 0 unspecified atom stereocenters. The van der Waals surface area contributed by atoms with Crippen LogP contribution < -0.4 is 0 Å². The third-order valence-electron chi connectivity index (χ3n) is 5.81. The van der Waals surface area contributed by atoms with Gasteiger partial charge in [-0.3, -0.25) is 4.98 Å². The summed E-state index contributed by atoms with van der Waals surface area (Å²) < 4.78 is 8.68. The Balaban J connectivity index is 1.93. The highest BCUT2D eigenvalue weighted by atomic mass is 16.3. The summed E-state index contributed by atoms with van der Waals surface area (Å²) in [5.41, 5.74) is 7.91. The summed E-state index contributed by atoms with van der Waals surface area (Å²) >= 11 is 0. The van der Waals surface area contributed by atoms with Crippen molar-refractivity contribution in [2.75, 3.05) is 0 Å². The van der Waals surface area contributed by atoms with Crippen LogP contribution in [0.25, 0.3) is 44.5 Å². The number of nitrogens with zero attached hydrogens (tertiary/aromatic N) is 4. The standard InChI is InChI=1S/C25H26N4O/c1-13(2)17-9-10-19(23-21(17)18-8-7-16(6)27-25(18)30-23)24-28-20-12-26-11-15(5)22(20)29(24)14(3)4/h7-14H,1-6H3. The summed E-state index contributed by atoms with van der Waals surface area (Å²) in [7, 11) is 0. The van der Waals surface area contributed by atoms with Crippen LogP contribution in [0, 0.1) is 13.8 Å². The zero-order valence-electron chi connectivity index (χ0n) is 18.3. The second-order valence-corrected chi connectivity index (χ2v) is 8.69. The van der Waals surface area contributed by atoms with Crippen LogP contribution in [0.5, 0.6) is 0 Å². The third kappa shape index (κ3) is 2.65. The molecule has 0 aliphatic rings. The monoisotopic (exact) mass is 398 g/mol. The third-order valence-corrected chi connectivity index (χ3v) is 5.81. The number of hydrogen-bond acceptors (Lipinski definition) is 4. The lowest BCUT2D eigenvalue weighted by Gasteiger charge is -2.15. The van der Waals surface area contributed by atoms with Crippen LogP contribution >= 0.6 is 0 Å². The Morgan fingerprint density at radius 3 is 2.47 bits per heavy atom. The molecule has 30 heavy (non-hydrogen) atoms. The molecule has 5 rings (SSSR count). The van der Waals surface area contributed by atoms with Gasteiger partial charge in [-0.2, -0.15) is 0 Å². The number of imidazole rings is 1. The smallest absolute Gasteiger partial charge is 0.227 e. The van der Waals surface area contributed by atoms with E-state index in [1.54, 1.807) is 0 Å². The van der Waals surface area contributed by atoms with E-state index in [1.807, 2.05) is 25.4 Å². The summed E-state index contributed by atoms with van der Waals surface area (Å²) in [4.78, 5) is 14.0. The Morgan fingerprint density at radius 1 is 0.933 bits per heavy atom. The molecule has 5 heteroatoms. The van der Waals surface area contributed by atoms with Crippen molar-refractivity contribution in [1.29, 1.82) is 0 Å². The molecule has 5 aromatic rings. The summed E-state index contributed by atoms with van der Waals surface area (Å²) in [6.07, 6.45) is 3.74. The number of fused-ring (bicyclic) bond motifs is 4. The quantitative estimate of drug-likeness (QED) is 0.339. The first kappa shape index (κ1) is 18.8. The first-order valence-corrected chi connectivity index (χ1v) is 10.5. The molecule has 4 heterocycles. The number of pyridine rings is 2. The van der Waals surface area contributed by atoms with Gasteiger partial charge in [-0.25, -0.2) is 9.97 Å². The maximum atomic E-state index is 6.39. The summed E-state index contributed by atoms with van der Waals surface area (Å²) in [5.74, 6) is 1.28. The number of hydrogen-bond donors (Lipinski definition) is 0. The van der Waals surface area contributed by atoms with Crippen LogP contribution in [-0.4, -0.2) is 19.5 Å².